The Labute approximate surface area is 127 Å². The zero-order valence-corrected chi connectivity index (χ0v) is 13.0. The van der Waals surface area contributed by atoms with Gasteiger partial charge in [-0.15, -0.1) is 12.4 Å². The molecule has 20 heavy (non-hydrogen) atoms. The van der Waals surface area contributed by atoms with Gasteiger partial charge in [0.25, 0.3) is 0 Å². The van der Waals surface area contributed by atoms with Gasteiger partial charge in [0, 0.05) is 0 Å². The van der Waals surface area contributed by atoms with Crippen LogP contribution in [0, 0.1) is 25.7 Å². The topological polar surface area (TPSA) is 41.5 Å². The fourth-order valence-corrected chi connectivity index (χ4v) is 3.38. The summed E-state index contributed by atoms with van der Waals surface area (Å²) in [4.78, 5) is 0. The summed E-state index contributed by atoms with van der Waals surface area (Å²) in [6, 6.07) is 6.25. The molecule has 2 aliphatic rings. The van der Waals surface area contributed by atoms with Crippen molar-refractivity contribution in [1.82, 2.24) is 5.32 Å². The number of benzene rings is 1. The lowest BCUT2D eigenvalue weighted by atomic mass is 9.78. The van der Waals surface area contributed by atoms with E-state index >= 15 is 0 Å². The molecule has 4 heteroatoms. The van der Waals surface area contributed by atoms with E-state index in [9.17, 15) is 5.11 Å². The van der Waals surface area contributed by atoms with Gasteiger partial charge in [0.05, 0.1) is 6.10 Å². The van der Waals surface area contributed by atoms with Gasteiger partial charge in [-0.3, -0.25) is 0 Å². The van der Waals surface area contributed by atoms with Gasteiger partial charge in [-0.25, -0.2) is 0 Å². The number of aliphatic hydroxyl groups excluding tert-OH is 1. The molecule has 1 aliphatic carbocycles. The summed E-state index contributed by atoms with van der Waals surface area (Å²) in [6.07, 6.45) is 1.45. The van der Waals surface area contributed by atoms with E-state index in [0.29, 0.717) is 11.8 Å². The third kappa shape index (κ3) is 3.11. The average molecular weight is 298 g/mol. The third-order valence-corrected chi connectivity index (χ3v) is 4.61. The molecule has 0 spiro atoms. The first-order chi connectivity index (χ1) is 9.13. The molecule has 4 atom stereocenters. The molecule has 1 saturated heterocycles. The minimum absolute atomic E-state index is 0. The van der Waals surface area contributed by atoms with Crippen LogP contribution in [0.25, 0.3) is 0 Å². The molecule has 3 nitrogen and oxygen atoms in total. The lowest BCUT2D eigenvalue weighted by molar-refractivity contribution is -0.0234. The van der Waals surface area contributed by atoms with Crippen molar-refractivity contribution in [2.24, 2.45) is 11.8 Å². The van der Waals surface area contributed by atoms with Crippen LogP contribution in [-0.2, 0) is 0 Å². The van der Waals surface area contributed by atoms with E-state index in [1.807, 2.05) is 0 Å². The molecule has 0 aromatic heterocycles. The molecule has 1 aromatic carbocycles. The van der Waals surface area contributed by atoms with Gasteiger partial charge in [0.2, 0.25) is 0 Å². The standard InChI is InChI=1S/C16H23NO2.ClH/c1-10-3-4-11(2)15(5-10)19-16-7-13-9-17-8-12(13)6-14(16)18;/h3-5,12-14,16-18H,6-9H2,1-2H3;1H/t12-,13+,14+,16+;/m0./s1. The van der Waals surface area contributed by atoms with E-state index in [2.05, 4.69) is 37.4 Å². The van der Waals surface area contributed by atoms with Crippen molar-refractivity contribution >= 4 is 12.4 Å². The molecular formula is C16H24ClNO2. The number of aryl methyl sites for hydroxylation is 2. The predicted molar refractivity (Wildman–Crippen MR) is 82.7 cm³/mol. The van der Waals surface area contributed by atoms with Crippen LogP contribution in [0.1, 0.15) is 24.0 Å². The molecule has 1 saturated carbocycles. The van der Waals surface area contributed by atoms with E-state index in [0.717, 1.165) is 37.2 Å². The number of ether oxygens (including phenoxy) is 1. The van der Waals surface area contributed by atoms with Gasteiger partial charge in [0.15, 0.2) is 0 Å². The maximum Gasteiger partial charge on any atom is 0.125 e. The number of aliphatic hydroxyl groups is 1. The van der Waals surface area contributed by atoms with Crippen molar-refractivity contribution in [3.8, 4) is 5.75 Å². The highest BCUT2D eigenvalue weighted by Gasteiger charge is 2.39. The second kappa shape index (κ2) is 6.33. The quantitative estimate of drug-likeness (QED) is 0.881. The Morgan fingerprint density at radius 1 is 1.15 bits per heavy atom. The molecule has 0 radical (unpaired) electrons. The van der Waals surface area contributed by atoms with Crippen molar-refractivity contribution in [3.63, 3.8) is 0 Å². The Bertz CT molecular complexity index is 466. The molecule has 1 aromatic rings. The van der Waals surface area contributed by atoms with Crippen molar-refractivity contribution in [3.05, 3.63) is 29.3 Å². The van der Waals surface area contributed by atoms with Gasteiger partial charge >= 0.3 is 0 Å². The van der Waals surface area contributed by atoms with Crippen LogP contribution in [0.15, 0.2) is 18.2 Å². The van der Waals surface area contributed by atoms with E-state index in [4.69, 9.17) is 4.74 Å². The molecule has 0 amide bonds. The minimum Gasteiger partial charge on any atom is -0.487 e. The third-order valence-electron chi connectivity index (χ3n) is 4.61. The maximum atomic E-state index is 10.3. The summed E-state index contributed by atoms with van der Waals surface area (Å²) in [7, 11) is 0. The second-order valence-electron chi connectivity index (χ2n) is 6.14. The van der Waals surface area contributed by atoms with Crippen LogP contribution in [0.2, 0.25) is 0 Å². The highest BCUT2D eigenvalue weighted by molar-refractivity contribution is 5.85. The fourth-order valence-electron chi connectivity index (χ4n) is 3.38. The monoisotopic (exact) mass is 297 g/mol. The average Bonchev–Trinajstić information content (AvgIpc) is 2.81. The summed E-state index contributed by atoms with van der Waals surface area (Å²) in [6.45, 7) is 6.26. The number of hydrogen-bond acceptors (Lipinski definition) is 3. The normalized spacial score (nSPS) is 32.4. The van der Waals surface area contributed by atoms with Gasteiger partial charge in [-0.2, -0.15) is 0 Å². The Hall–Kier alpha value is -0.770. The molecule has 1 heterocycles. The lowest BCUT2D eigenvalue weighted by Crippen LogP contribution is -2.42. The zero-order chi connectivity index (χ0) is 13.4. The van der Waals surface area contributed by atoms with Gasteiger partial charge in [-0.05, 0) is 68.8 Å². The molecular weight excluding hydrogens is 274 g/mol. The summed E-state index contributed by atoms with van der Waals surface area (Å²) >= 11 is 0. The van der Waals surface area contributed by atoms with Crippen LogP contribution in [-0.4, -0.2) is 30.4 Å². The largest absolute Gasteiger partial charge is 0.487 e. The van der Waals surface area contributed by atoms with E-state index in [1.165, 1.54) is 5.56 Å². The highest BCUT2D eigenvalue weighted by Crippen LogP contribution is 2.35. The fraction of sp³-hybridized carbons (Fsp3) is 0.625. The summed E-state index contributed by atoms with van der Waals surface area (Å²) < 4.78 is 6.11. The zero-order valence-electron chi connectivity index (χ0n) is 12.1. The number of nitrogens with one attached hydrogen (secondary N) is 1. The number of hydrogen-bond donors (Lipinski definition) is 2. The summed E-state index contributed by atoms with van der Waals surface area (Å²) in [5.74, 6) is 2.22. The lowest BCUT2D eigenvalue weighted by Gasteiger charge is -2.35. The number of fused-ring (bicyclic) bond motifs is 1. The molecule has 0 unspecified atom stereocenters. The van der Waals surface area contributed by atoms with E-state index in [1.54, 1.807) is 0 Å². The smallest absolute Gasteiger partial charge is 0.125 e. The van der Waals surface area contributed by atoms with E-state index in [-0.39, 0.29) is 24.6 Å². The Morgan fingerprint density at radius 2 is 1.85 bits per heavy atom. The SMILES string of the molecule is Cc1ccc(C)c(O[C@@H]2C[C@@H]3CNC[C@@H]3C[C@H]2O)c1.Cl. The van der Waals surface area contributed by atoms with Gasteiger partial charge in [0.1, 0.15) is 11.9 Å². The minimum atomic E-state index is -0.332. The van der Waals surface area contributed by atoms with Crippen LogP contribution in [0.4, 0.5) is 0 Å². The van der Waals surface area contributed by atoms with Crippen molar-refractivity contribution in [2.45, 2.75) is 38.9 Å². The summed E-state index contributed by atoms with van der Waals surface area (Å²) in [5.41, 5.74) is 2.34. The molecule has 2 fully saturated rings. The van der Waals surface area contributed by atoms with Crippen LogP contribution >= 0.6 is 12.4 Å². The van der Waals surface area contributed by atoms with Gasteiger partial charge < -0.3 is 15.2 Å². The molecule has 2 N–H and O–H groups in total. The first-order valence-electron chi connectivity index (χ1n) is 7.26. The number of halogens is 1. The molecule has 112 valence electrons. The Morgan fingerprint density at radius 3 is 2.60 bits per heavy atom. The van der Waals surface area contributed by atoms with Crippen LogP contribution in [0.3, 0.4) is 0 Å². The molecule has 1 aliphatic heterocycles. The first-order valence-corrected chi connectivity index (χ1v) is 7.26. The van der Waals surface area contributed by atoms with Crippen LogP contribution in [0.5, 0.6) is 5.75 Å². The molecule has 0 bridgehead atoms. The summed E-state index contributed by atoms with van der Waals surface area (Å²) in [5, 5.41) is 13.7. The molecule has 3 rings (SSSR count). The van der Waals surface area contributed by atoms with Crippen molar-refractivity contribution in [1.29, 1.82) is 0 Å². The first kappa shape index (κ1) is 15.6. The predicted octanol–water partition coefficient (Wildman–Crippen LogP) is 2.46. The van der Waals surface area contributed by atoms with Gasteiger partial charge in [-0.1, -0.05) is 12.1 Å². The van der Waals surface area contributed by atoms with Crippen LogP contribution < -0.4 is 10.1 Å². The second-order valence-corrected chi connectivity index (χ2v) is 6.14. The van der Waals surface area contributed by atoms with E-state index < -0.39 is 0 Å². The Kier molecular flexibility index (Phi) is 4.95. The Balaban J connectivity index is 0.00000147. The van der Waals surface area contributed by atoms with Crippen molar-refractivity contribution < 1.29 is 9.84 Å². The highest BCUT2D eigenvalue weighted by atomic mass is 35.5. The number of rotatable bonds is 2. The maximum absolute atomic E-state index is 10.3. The van der Waals surface area contributed by atoms with Crippen molar-refractivity contribution in [2.75, 3.05) is 13.1 Å².